The first-order valence-corrected chi connectivity index (χ1v) is 10.3. The van der Waals surface area contributed by atoms with Gasteiger partial charge in [-0.15, -0.1) is 0 Å². The van der Waals surface area contributed by atoms with Gasteiger partial charge in [0.15, 0.2) is 5.78 Å². The fourth-order valence-corrected chi connectivity index (χ4v) is 3.41. The number of hydrogen-bond acceptors (Lipinski definition) is 5. The van der Waals surface area contributed by atoms with Crippen LogP contribution in [0.4, 0.5) is 0 Å². The van der Waals surface area contributed by atoms with Crippen molar-refractivity contribution in [1.29, 1.82) is 0 Å². The van der Waals surface area contributed by atoms with Gasteiger partial charge in [0.1, 0.15) is 18.1 Å². The van der Waals surface area contributed by atoms with Crippen molar-refractivity contribution >= 4 is 28.7 Å². The third-order valence-electron chi connectivity index (χ3n) is 5.14. The normalized spacial score (nSPS) is 11.1. The third-order valence-corrected chi connectivity index (χ3v) is 5.14. The van der Waals surface area contributed by atoms with E-state index in [9.17, 15) is 19.8 Å². The fraction of sp³-hybridized carbons (Fsp3) is 0.0741. The number of allylic oxidation sites excluding steroid dienone is 1. The lowest BCUT2D eigenvalue weighted by Crippen LogP contribution is -2.03. The summed E-state index contributed by atoms with van der Waals surface area (Å²) in [7, 11) is 0. The van der Waals surface area contributed by atoms with Gasteiger partial charge in [-0.1, -0.05) is 42.5 Å². The number of phenols is 1. The van der Waals surface area contributed by atoms with Crippen molar-refractivity contribution in [1.82, 2.24) is 4.98 Å². The zero-order valence-corrected chi connectivity index (χ0v) is 17.9. The van der Waals surface area contributed by atoms with Crippen LogP contribution in [-0.4, -0.2) is 26.9 Å². The third kappa shape index (κ3) is 5.07. The Kier molecular flexibility index (Phi) is 6.17. The highest BCUT2D eigenvalue weighted by Crippen LogP contribution is 2.25. The molecule has 0 atom stereocenters. The second-order valence-electron chi connectivity index (χ2n) is 7.55. The molecule has 6 heteroatoms. The molecule has 33 heavy (non-hydrogen) atoms. The van der Waals surface area contributed by atoms with Gasteiger partial charge >= 0.3 is 5.97 Å². The van der Waals surface area contributed by atoms with Crippen molar-refractivity contribution in [3.8, 4) is 11.5 Å². The van der Waals surface area contributed by atoms with Crippen molar-refractivity contribution in [2.75, 3.05) is 0 Å². The van der Waals surface area contributed by atoms with E-state index in [4.69, 9.17) is 4.74 Å². The second kappa shape index (κ2) is 9.36. The molecule has 0 unspecified atom stereocenters. The Morgan fingerprint density at radius 2 is 1.82 bits per heavy atom. The molecule has 2 N–H and O–H groups in total. The summed E-state index contributed by atoms with van der Waals surface area (Å²) in [5.41, 5.74) is 2.63. The van der Waals surface area contributed by atoms with Crippen molar-refractivity contribution in [2.24, 2.45) is 0 Å². The van der Waals surface area contributed by atoms with Crippen LogP contribution in [0.1, 0.15) is 37.5 Å². The van der Waals surface area contributed by atoms with Crippen molar-refractivity contribution in [2.45, 2.75) is 13.5 Å². The maximum atomic E-state index is 12.6. The number of pyridine rings is 1. The first-order valence-electron chi connectivity index (χ1n) is 10.3. The molecule has 0 spiro atoms. The Balaban J connectivity index is 1.47. The number of benzene rings is 3. The molecule has 6 nitrogen and oxygen atoms in total. The molecule has 0 aliphatic heterocycles. The van der Waals surface area contributed by atoms with E-state index in [1.165, 1.54) is 18.2 Å². The Bertz CT molecular complexity index is 1390. The van der Waals surface area contributed by atoms with Crippen LogP contribution < -0.4 is 4.74 Å². The van der Waals surface area contributed by atoms with Gasteiger partial charge < -0.3 is 14.9 Å². The van der Waals surface area contributed by atoms with Crippen molar-refractivity contribution in [3.63, 3.8) is 0 Å². The minimum absolute atomic E-state index is 0.0558. The molecule has 0 aliphatic carbocycles. The number of nitrogens with zero attached hydrogens (tertiary/aromatic N) is 1. The van der Waals surface area contributed by atoms with Gasteiger partial charge in [-0.2, -0.15) is 0 Å². The summed E-state index contributed by atoms with van der Waals surface area (Å²) in [4.78, 5) is 28.4. The van der Waals surface area contributed by atoms with Gasteiger partial charge in [-0.05, 0) is 60.5 Å². The summed E-state index contributed by atoms with van der Waals surface area (Å²) in [5.74, 6) is -1.27. The predicted octanol–water partition coefficient (Wildman–Crippen LogP) is 5.42. The average molecular weight is 439 g/mol. The lowest BCUT2D eigenvalue weighted by atomic mass is 10.0. The van der Waals surface area contributed by atoms with Crippen LogP contribution in [0.5, 0.6) is 11.5 Å². The number of aromatic carboxylic acids is 1. The molecule has 0 aliphatic rings. The van der Waals surface area contributed by atoms with Crippen LogP contribution in [-0.2, 0) is 6.61 Å². The standard InChI is InChI=1S/C27H21NO5/c1-17-13-20(27(31)32)15-23(26(17)30)25(29)12-9-18-5-4-7-22(14-18)33-16-21-11-10-19-6-2-3-8-24(19)28-21/h2-15,30H,16H2,1H3,(H,31,32)/b12-9+. The highest BCUT2D eigenvalue weighted by molar-refractivity contribution is 6.10. The minimum Gasteiger partial charge on any atom is -0.507 e. The number of fused-ring (bicyclic) bond motifs is 1. The van der Waals surface area contributed by atoms with Crippen molar-refractivity contribution < 1.29 is 24.5 Å². The summed E-state index contributed by atoms with van der Waals surface area (Å²) in [6, 6.07) is 21.5. The van der Waals surface area contributed by atoms with E-state index < -0.39 is 11.8 Å². The fourth-order valence-electron chi connectivity index (χ4n) is 3.41. The van der Waals surface area contributed by atoms with E-state index in [-0.39, 0.29) is 16.9 Å². The van der Waals surface area contributed by atoms with E-state index in [0.717, 1.165) is 22.2 Å². The van der Waals surface area contributed by atoms with E-state index in [0.29, 0.717) is 17.9 Å². The number of ketones is 1. The minimum atomic E-state index is -1.16. The quantitative estimate of drug-likeness (QED) is 0.295. The Morgan fingerprint density at radius 1 is 1.00 bits per heavy atom. The van der Waals surface area contributed by atoms with Crippen LogP contribution >= 0.6 is 0 Å². The monoisotopic (exact) mass is 439 g/mol. The maximum Gasteiger partial charge on any atom is 0.335 e. The number of carboxylic acids is 1. The van der Waals surface area contributed by atoms with E-state index in [1.54, 1.807) is 25.1 Å². The number of phenolic OH excluding ortho intramolecular Hbond substituents is 1. The van der Waals surface area contributed by atoms with E-state index >= 15 is 0 Å². The number of ether oxygens (including phenoxy) is 1. The SMILES string of the molecule is Cc1cc(C(=O)O)cc(C(=O)/C=C/c2cccc(OCc3ccc4ccccc4n3)c2)c1O. The molecule has 1 heterocycles. The highest BCUT2D eigenvalue weighted by Gasteiger charge is 2.15. The smallest absolute Gasteiger partial charge is 0.335 e. The van der Waals surface area contributed by atoms with Crippen LogP contribution in [0.2, 0.25) is 0 Å². The zero-order valence-electron chi connectivity index (χ0n) is 17.9. The predicted molar refractivity (Wildman–Crippen MR) is 126 cm³/mol. The van der Waals surface area contributed by atoms with Gasteiger partial charge in [0, 0.05) is 5.39 Å². The summed E-state index contributed by atoms with van der Waals surface area (Å²) >= 11 is 0. The van der Waals surface area contributed by atoms with Gasteiger partial charge in [0.05, 0.1) is 22.3 Å². The maximum absolute atomic E-state index is 12.6. The number of para-hydroxylation sites is 1. The number of aryl methyl sites for hydroxylation is 1. The molecule has 164 valence electrons. The zero-order chi connectivity index (χ0) is 23.4. The molecular formula is C27H21NO5. The molecule has 4 aromatic rings. The van der Waals surface area contributed by atoms with Gasteiger partial charge in [-0.25, -0.2) is 9.78 Å². The number of carbonyl (C=O) groups is 2. The summed E-state index contributed by atoms with van der Waals surface area (Å²) in [5, 5.41) is 20.4. The van der Waals surface area contributed by atoms with Gasteiger partial charge in [-0.3, -0.25) is 4.79 Å². The van der Waals surface area contributed by atoms with Crippen LogP contribution in [0.15, 0.2) is 78.9 Å². The van der Waals surface area contributed by atoms with Gasteiger partial charge in [0.25, 0.3) is 0 Å². The largest absolute Gasteiger partial charge is 0.507 e. The van der Waals surface area contributed by atoms with Crippen LogP contribution in [0.3, 0.4) is 0 Å². The van der Waals surface area contributed by atoms with Crippen LogP contribution in [0, 0.1) is 6.92 Å². The average Bonchev–Trinajstić information content (AvgIpc) is 2.82. The second-order valence-corrected chi connectivity index (χ2v) is 7.55. The number of rotatable bonds is 7. The lowest BCUT2D eigenvalue weighted by molar-refractivity contribution is 0.0696. The molecule has 0 saturated carbocycles. The first kappa shape index (κ1) is 21.8. The molecule has 0 amide bonds. The number of hydrogen-bond donors (Lipinski definition) is 2. The topological polar surface area (TPSA) is 96.7 Å². The molecule has 1 aromatic heterocycles. The molecule has 0 fully saturated rings. The number of carbonyl (C=O) groups excluding carboxylic acids is 1. The van der Waals surface area contributed by atoms with E-state index in [1.807, 2.05) is 48.5 Å². The van der Waals surface area contributed by atoms with Crippen LogP contribution in [0.25, 0.3) is 17.0 Å². The summed E-state index contributed by atoms with van der Waals surface area (Å²) in [6.45, 7) is 1.85. The lowest BCUT2D eigenvalue weighted by Gasteiger charge is -2.08. The molecule has 0 bridgehead atoms. The highest BCUT2D eigenvalue weighted by atomic mass is 16.5. The molecule has 4 rings (SSSR count). The summed E-state index contributed by atoms with van der Waals surface area (Å²) in [6.07, 6.45) is 2.88. The Morgan fingerprint density at radius 3 is 2.64 bits per heavy atom. The summed E-state index contributed by atoms with van der Waals surface area (Å²) < 4.78 is 5.86. The Labute approximate surface area is 190 Å². The Hall–Kier alpha value is -4.45. The first-order chi connectivity index (χ1) is 15.9. The number of aromatic nitrogens is 1. The molecule has 0 saturated heterocycles. The van der Waals surface area contributed by atoms with Gasteiger partial charge in [0.2, 0.25) is 0 Å². The number of carboxylic acid groups (broad SMARTS) is 1. The molecule has 0 radical (unpaired) electrons. The molecular weight excluding hydrogens is 418 g/mol. The van der Waals surface area contributed by atoms with Crippen molar-refractivity contribution in [3.05, 3.63) is 107 Å². The number of aromatic hydroxyl groups is 1. The molecule has 3 aromatic carbocycles. The van der Waals surface area contributed by atoms with E-state index in [2.05, 4.69) is 4.98 Å².